The van der Waals surface area contributed by atoms with Crippen LogP contribution in [-0.2, 0) is 14.1 Å². The second-order valence-corrected chi connectivity index (χ2v) is 7.75. The van der Waals surface area contributed by atoms with Gasteiger partial charge in [0.15, 0.2) is 0 Å². The molecule has 1 N–H and O–H groups in total. The Morgan fingerprint density at radius 3 is 1.38 bits per heavy atom. The summed E-state index contributed by atoms with van der Waals surface area (Å²) in [6.45, 7) is 19.7. The molecule has 4 rings (SSSR count). The van der Waals surface area contributed by atoms with Gasteiger partial charge in [-0.3, -0.25) is 9.78 Å². The molecule has 0 aliphatic heterocycles. The summed E-state index contributed by atoms with van der Waals surface area (Å²) in [6, 6.07) is 0. The molecule has 0 saturated heterocycles. The number of hydrogen-bond donors (Lipinski definition) is 1. The van der Waals surface area contributed by atoms with Gasteiger partial charge in [0.05, 0.1) is 22.8 Å². The van der Waals surface area contributed by atoms with E-state index >= 15 is 0 Å². The Bertz CT molecular complexity index is 860. The standard InChI is InChI=1S/C6H10N2.C6H9NO.2C5H9N3/c2*1-4-5(2)7-8-6(4)3;1-4-6-7-5(2)8(4)3;1-4-5(2)8(3)7-6-4/h1-3H3,(H,7,8);3*1-3H3. The van der Waals surface area contributed by atoms with Crippen LogP contribution in [0.4, 0.5) is 0 Å². The Kier molecular flexibility index (Phi) is 9.96. The predicted octanol–water partition coefficient (Wildman–Crippen LogP) is 3.80. The van der Waals surface area contributed by atoms with Crippen molar-refractivity contribution in [2.24, 2.45) is 14.1 Å². The van der Waals surface area contributed by atoms with Gasteiger partial charge >= 0.3 is 0 Å². The zero-order valence-corrected chi connectivity index (χ0v) is 21.5. The molecule has 0 aromatic carbocycles. The van der Waals surface area contributed by atoms with E-state index in [9.17, 15) is 0 Å². The van der Waals surface area contributed by atoms with Crippen molar-refractivity contribution in [1.82, 2.24) is 45.1 Å². The fourth-order valence-electron chi connectivity index (χ4n) is 2.16. The van der Waals surface area contributed by atoms with E-state index in [1.54, 1.807) is 4.68 Å². The quantitative estimate of drug-likeness (QED) is 0.439. The van der Waals surface area contributed by atoms with Gasteiger partial charge < -0.3 is 9.09 Å². The lowest BCUT2D eigenvalue weighted by Gasteiger charge is -1.90. The van der Waals surface area contributed by atoms with Crippen LogP contribution < -0.4 is 0 Å². The molecule has 0 radical (unpaired) electrons. The first-order valence-corrected chi connectivity index (χ1v) is 10.4. The van der Waals surface area contributed by atoms with E-state index in [0.717, 1.165) is 45.7 Å². The summed E-state index contributed by atoms with van der Waals surface area (Å²) in [5.74, 6) is 2.84. The molecule has 10 heteroatoms. The molecule has 0 saturated carbocycles. The molecule has 176 valence electrons. The number of aryl methyl sites for hydroxylation is 8. The number of H-pyrrole nitrogens is 1. The lowest BCUT2D eigenvalue weighted by molar-refractivity contribution is 0.392. The van der Waals surface area contributed by atoms with Crippen LogP contribution in [0.15, 0.2) is 4.52 Å². The van der Waals surface area contributed by atoms with Crippen LogP contribution in [0.25, 0.3) is 0 Å². The van der Waals surface area contributed by atoms with Gasteiger partial charge in [0.1, 0.15) is 17.4 Å². The van der Waals surface area contributed by atoms with Crippen LogP contribution >= 0.6 is 0 Å². The first-order valence-electron chi connectivity index (χ1n) is 10.4. The smallest absolute Gasteiger partial charge is 0.136 e. The summed E-state index contributed by atoms with van der Waals surface area (Å²) in [5, 5.41) is 25.9. The Balaban J connectivity index is 0.000000213. The van der Waals surface area contributed by atoms with Crippen molar-refractivity contribution in [3.05, 3.63) is 57.0 Å². The Morgan fingerprint density at radius 2 is 1.25 bits per heavy atom. The third-order valence-electron chi connectivity index (χ3n) is 5.53. The highest BCUT2D eigenvalue weighted by molar-refractivity contribution is 5.20. The van der Waals surface area contributed by atoms with Gasteiger partial charge in [-0.2, -0.15) is 5.10 Å². The van der Waals surface area contributed by atoms with E-state index < -0.39 is 0 Å². The molecule has 10 nitrogen and oxygen atoms in total. The molecule has 32 heavy (non-hydrogen) atoms. The first kappa shape index (κ1) is 26.7. The lowest BCUT2D eigenvalue weighted by atomic mass is 10.2. The minimum Gasteiger partial charge on any atom is -0.361 e. The van der Waals surface area contributed by atoms with E-state index in [1.165, 1.54) is 11.3 Å². The van der Waals surface area contributed by atoms with Crippen molar-refractivity contribution in [2.45, 2.75) is 69.2 Å². The second-order valence-electron chi connectivity index (χ2n) is 7.75. The van der Waals surface area contributed by atoms with Gasteiger partial charge in [-0.15, -0.1) is 15.3 Å². The lowest BCUT2D eigenvalue weighted by Crippen LogP contribution is -1.92. The monoisotopic (exact) mass is 443 g/mol. The van der Waals surface area contributed by atoms with Crippen LogP contribution in [0.2, 0.25) is 0 Å². The van der Waals surface area contributed by atoms with Gasteiger partial charge in [0.25, 0.3) is 0 Å². The maximum Gasteiger partial charge on any atom is 0.136 e. The van der Waals surface area contributed by atoms with Crippen LogP contribution in [-0.4, -0.2) is 45.1 Å². The second kappa shape index (κ2) is 11.9. The van der Waals surface area contributed by atoms with E-state index in [2.05, 4.69) is 42.8 Å². The molecule has 4 aromatic heterocycles. The molecule has 0 aliphatic carbocycles. The number of aromatic amines is 1. The van der Waals surface area contributed by atoms with Gasteiger partial charge in [-0.1, -0.05) is 10.4 Å². The Hall–Kier alpha value is -3.30. The number of aromatic nitrogens is 9. The van der Waals surface area contributed by atoms with Crippen LogP contribution in [0.1, 0.15) is 57.0 Å². The largest absolute Gasteiger partial charge is 0.361 e. The highest BCUT2D eigenvalue weighted by Gasteiger charge is 2.00. The maximum atomic E-state index is 4.84. The summed E-state index contributed by atoms with van der Waals surface area (Å²) >= 11 is 0. The Labute approximate surface area is 190 Å². The van der Waals surface area contributed by atoms with Crippen LogP contribution in [0, 0.1) is 69.2 Å². The van der Waals surface area contributed by atoms with Gasteiger partial charge in [0.2, 0.25) is 0 Å². The maximum absolute atomic E-state index is 4.84. The summed E-state index contributed by atoms with van der Waals surface area (Å²) in [6.07, 6.45) is 0. The molecule has 0 fully saturated rings. The number of nitrogens with zero attached hydrogens (tertiary/aromatic N) is 8. The normalized spacial score (nSPS) is 9.88. The van der Waals surface area contributed by atoms with Crippen molar-refractivity contribution in [2.75, 3.05) is 0 Å². The van der Waals surface area contributed by atoms with Crippen LogP contribution in [0.3, 0.4) is 0 Å². The summed E-state index contributed by atoms with van der Waals surface area (Å²) in [5.41, 5.74) is 7.82. The van der Waals surface area contributed by atoms with E-state index in [1.807, 2.05) is 81.0 Å². The molecule has 0 aliphatic rings. The average molecular weight is 444 g/mol. The molecule has 4 heterocycles. The third-order valence-corrected chi connectivity index (χ3v) is 5.53. The molecule has 0 unspecified atom stereocenters. The van der Waals surface area contributed by atoms with Crippen molar-refractivity contribution >= 4 is 0 Å². The zero-order valence-electron chi connectivity index (χ0n) is 21.5. The highest BCUT2D eigenvalue weighted by atomic mass is 16.5. The topological polar surface area (TPSA) is 116 Å². The van der Waals surface area contributed by atoms with E-state index in [-0.39, 0.29) is 0 Å². The molecular formula is C22H37N9O. The predicted molar refractivity (Wildman–Crippen MR) is 124 cm³/mol. The molecular weight excluding hydrogens is 406 g/mol. The Morgan fingerprint density at radius 1 is 0.688 bits per heavy atom. The highest BCUT2D eigenvalue weighted by Crippen LogP contribution is 2.08. The van der Waals surface area contributed by atoms with Gasteiger partial charge in [-0.25, -0.2) is 0 Å². The van der Waals surface area contributed by atoms with E-state index in [0.29, 0.717) is 0 Å². The molecule has 0 spiro atoms. The molecule has 0 atom stereocenters. The average Bonchev–Trinajstić information content (AvgIpc) is 3.44. The zero-order chi connectivity index (χ0) is 24.6. The van der Waals surface area contributed by atoms with Crippen molar-refractivity contribution < 1.29 is 4.52 Å². The van der Waals surface area contributed by atoms with Gasteiger partial charge in [-0.05, 0) is 74.8 Å². The minimum absolute atomic E-state index is 0.919. The first-order chi connectivity index (χ1) is 14.9. The summed E-state index contributed by atoms with van der Waals surface area (Å²) < 4.78 is 8.55. The fourth-order valence-corrected chi connectivity index (χ4v) is 2.16. The minimum atomic E-state index is 0.919. The molecule has 4 aromatic rings. The van der Waals surface area contributed by atoms with Crippen LogP contribution in [0.5, 0.6) is 0 Å². The molecule has 0 amide bonds. The SMILES string of the molecule is Cc1n[nH]c(C)c1C.Cc1nnc(C)n1C.Cc1nnn(C)c1C.Cc1noc(C)c1C. The summed E-state index contributed by atoms with van der Waals surface area (Å²) in [4.78, 5) is 0. The van der Waals surface area contributed by atoms with Gasteiger partial charge in [0, 0.05) is 25.4 Å². The number of nitrogens with one attached hydrogen (secondary N) is 1. The van der Waals surface area contributed by atoms with E-state index in [4.69, 9.17) is 4.52 Å². The van der Waals surface area contributed by atoms with Crippen molar-refractivity contribution in [3.8, 4) is 0 Å². The number of rotatable bonds is 0. The molecule has 0 bridgehead atoms. The fraction of sp³-hybridized carbons (Fsp3) is 0.545. The third kappa shape index (κ3) is 7.44. The summed E-state index contributed by atoms with van der Waals surface area (Å²) in [7, 11) is 3.83. The van der Waals surface area contributed by atoms with Crippen molar-refractivity contribution in [3.63, 3.8) is 0 Å². The number of hydrogen-bond acceptors (Lipinski definition) is 7. The van der Waals surface area contributed by atoms with Crippen molar-refractivity contribution in [1.29, 1.82) is 0 Å².